The van der Waals surface area contributed by atoms with Gasteiger partial charge in [0, 0.05) is 19.6 Å². The zero-order valence-corrected chi connectivity index (χ0v) is 13.8. The first kappa shape index (κ1) is 17.1. The second-order valence-electron chi connectivity index (χ2n) is 5.91. The summed E-state index contributed by atoms with van der Waals surface area (Å²) in [7, 11) is 0. The number of fused-ring (bicyclic) bond motifs is 1. The van der Waals surface area contributed by atoms with E-state index in [9.17, 15) is 4.79 Å². The summed E-state index contributed by atoms with van der Waals surface area (Å²) in [6, 6.07) is 6.28. The molecule has 1 heterocycles. The summed E-state index contributed by atoms with van der Waals surface area (Å²) < 4.78 is 5.72. The average molecular weight is 325 g/mol. The van der Waals surface area contributed by atoms with Crippen LogP contribution in [-0.4, -0.2) is 43.6 Å². The number of hydrogen-bond acceptors (Lipinski definition) is 3. The normalized spacial score (nSPS) is 17.9. The Morgan fingerprint density at radius 2 is 1.91 bits per heavy atom. The van der Waals surface area contributed by atoms with Crippen molar-refractivity contribution >= 4 is 18.3 Å². The molecule has 1 amide bonds. The quantitative estimate of drug-likeness (QED) is 0.926. The van der Waals surface area contributed by atoms with Gasteiger partial charge in [-0.15, -0.1) is 12.4 Å². The molecule has 3 rings (SSSR count). The van der Waals surface area contributed by atoms with E-state index in [0.717, 1.165) is 44.8 Å². The van der Waals surface area contributed by atoms with Crippen LogP contribution in [0.2, 0.25) is 0 Å². The molecule has 2 aliphatic rings. The fraction of sp³-hybridized carbons (Fsp3) is 0.588. The highest BCUT2D eigenvalue weighted by atomic mass is 35.5. The Kier molecular flexibility index (Phi) is 6.52. The molecule has 4 nitrogen and oxygen atoms in total. The molecular weight excluding hydrogens is 300 g/mol. The number of benzene rings is 1. The molecule has 0 atom stereocenters. The third-order valence-corrected chi connectivity index (χ3v) is 4.38. The molecule has 0 aromatic heterocycles. The van der Waals surface area contributed by atoms with Crippen LogP contribution in [0, 0.1) is 0 Å². The number of halogens is 1. The highest BCUT2D eigenvalue weighted by molar-refractivity contribution is 5.85. The van der Waals surface area contributed by atoms with Crippen molar-refractivity contribution in [2.24, 2.45) is 0 Å². The van der Waals surface area contributed by atoms with Crippen molar-refractivity contribution in [2.45, 2.75) is 32.1 Å². The van der Waals surface area contributed by atoms with Crippen molar-refractivity contribution < 1.29 is 9.53 Å². The summed E-state index contributed by atoms with van der Waals surface area (Å²) in [5.74, 6) is 0.924. The topological polar surface area (TPSA) is 41.6 Å². The molecule has 1 N–H and O–H groups in total. The van der Waals surface area contributed by atoms with Gasteiger partial charge in [-0.25, -0.2) is 0 Å². The molecule has 122 valence electrons. The predicted octanol–water partition coefficient (Wildman–Crippen LogP) is 2.19. The maximum atomic E-state index is 12.2. The molecule has 1 saturated heterocycles. The molecule has 0 unspecified atom stereocenters. The number of amides is 1. The summed E-state index contributed by atoms with van der Waals surface area (Å²) in [5, 5.41) is 3.31. The Labute approximate surface area is 138 Å². The molecule has 0 saturated carbocycles. The second kappa shape index (κ2) is 8.39. The Balaban J connectivity index is 0.00000176. The van der Waals surface area contributed by atoms with Gasteiger partial charge in [-0.2, -0.15) is 0 Å². The SMILES string of the molecule is Cl.O=C(COc1ccc2c(c1)CCCC2)N1CCCNCC1. The van der Waals surface area contributed by atoms with Crippen LogP contribution in [0.25, 0.3) is 0 Å². The lowest BCUT2D eigenvalue weighted by atomic mass is 9.92. The lowest BCUT2D eigenvalue weighted by molar-refractivity contribution is -0.133. The summed E-state index contributed by atoms with van der Waals surface area (Å²) in [4.78, 5) is 14.1. The van der Waals surface area contributed by atoms with E-state index in [2.05, 4.69) is 17.4 Å². The van der Waals surface area contributed by atoms with Crippen molar-refractivity contribution in [1.29, 1.82) is 0 Å². The Morgan fingerprint density at radius 1 is 1.09 bits per heavy atom. The lowest BCUT2D eigenvalue weighted by Gasteiger charge is -2.21. The van der Waals surface area contributed by atoms with Crippen molar-refractivity contribution in [2.75, 3.05) is 32.8 Å². The second-order valence-corrected chi connectivity index (χ2v) is 5.91. The number of hydrogen-bond donors (Lipinski definition) is 1. The fourth-order valence-electron chi connectivity index (χ4n) is 3.13. The number of rotatable bonds is 3. The van der Waals surface area contributed by atoms with Crippen molar-refractivity contribution in [3.8, 4) is 5.75 Å². The van der Waals surface area contributed by atoms with E-state index in [4.69, 9.17) is 4.74 Å². The first-order valence-electron chi connectivity index (χ1n) is 8.06. The van der Waals surface area contributed by atoms with Gasteiger partial charge in [-0.05, 0) is 61.9 Å². The monoisotopic (exact) mass is 324 g/mol. The van der Waals surface area contributed by atoms with Crippen LogP contribution in [0.4, 0.5) is 0 Å². The van der Waals surface area contributed by atoms with Gasteiger partial charge in [0.15, 0.2) is 6.61 Å². The standard InChI is InChI=1S/C17H24N2O2.ClH/c20-17(19-10-3-8-18-9-11-19)13-21-16-7-6-14-4-1-2-5-15(14)12-16;/h6-7,12,18H,1-5,8-11,13H2;1H. The molecule has 0 bridgehead atoms. The molecule has 1 aliphatic heterocycles. The average Bonchev–Trinajstić information content (AvgIpc) is 2.81. The summed E-state index contributed by atoms with van der Waals surface area (Å²) >= 11 is 0. The minimum absolute atomic E-state index is 0. The minimum Gasteiger partial charge on any atom is -0.484 e. The molecule has 1 aromatic carbocycles. The first-order chi connectivity index (χ1) is 10.3. The zero-order valence-electron chi connectivity index (χ0n) is 13.0. The van der Waals surface area contributed by atoms with Gasteiger partial charge in [-0.1, -0.05) is 6.07 Å². The fourth-order valence-corrected chi connectivity index (χ4v) is 3.13. The number of aryl methyl sites for hydroxylation is 2. The number of carbonyl (C=O) groups excluding carboxylic acids is 1. The van der Waals surface area contributed by atoms with Gasteiger partial charge in [0.05, 0.1) is 0 Å². The molecule has 1 aliphatic carbocycles. The van der Waals surface area contributed by atoms with E-state index in [-0.39, 0.29) is 24.9 Å². The third kappa shape index (κ3) is 4.37. The Morgan fingerprint density at radius 3 is 2.77 bits per heavy atom. The predicted molar refractivity (Wildman–Crippen MR) is 89.9 cm³/mol. The molecule has 0 spiro atoms. The van der Waals surface area contributed by atoms with Gasteiger partial charge in [0.1, 0.15) is 5.75 Å². The van der Waals surface area contributed by atoms with Crippen LogP contribution >= 0.6 is 12.4 Å². The van der Waals surface area contributed by atoms with Crippen LogP contribution in [0.1, 0.15) is 30.4 Å². The number of nitrogens with zero attached hydrogens (tertiary/aromatic N) is 1. The summed E-state index contributed by atoms with van der Waals surface area (Å²) in [5.41, 5.74) is 2.84. The summed E-state index contributed by atoms with van der Waals surface area (Å²) in [6.45, 7) is 3.64. The van der Waals surface area contributed by atoms with Crippen LogP contribution in [0.5, 0.6) is 5.75 Å². The van der Waals surface area contributed by atoms with Gasteiger partial charge >= 0.3 is 0 Å². The number of nitrogens with one attached hydrogen (secondary N) is 1. The van der Waals surface area contributed by atoms with E-state index < -0.39 is 0 Å². The van der Waals surface area contributed by atoms with Gasteiger partial charge in [0.2, 0.25) is 0 Å². The van der Waals surface area contributed by atoms with E-state index in [0.29, 0.717) is 0 Å². The van der Waals surface area contributed by atoms with Crippen LogP contribution in [0.3, 0.4) is 0 Å². The molecule has 22 heavy (non-hydrogen) atoms. The van der Waals surface area contributed by atoms with E-state index in [1.54, 1.807) is 0 Å². The third-order valence-electron chi connectivity index (χ3n) is 4.38. The van der Waals surface area contributed by atoms with Crippen LogP contribution < -0.4 is 10.1 Å². The van der Waals surface area contributed by atoms with Crippen LogP contribution in [0.15, 0.2) is 18.2 Å². The summed E-state index contributed by atoms with van der Waals surface area (Å²) in [6.07, 6.45) is 5.88. The number of ether oxygens (including phenoxy) is 1. The Bertz CT molecular complexity index is 499. The lowest BCUT2D eigenvalue weighted by Crippen LogP contribution is -2.37. The van der Waals surface area contributed by atoms with Gasteiger partial charge in [0.25, 0.3) is 5.91 Å². The largest absolute Gasteiger partial charge is 0.484 e. The van der Waals surface area contributed by atoms with Gasteiger partial charge in [-0.3, -0.25) is 4.79 Å². The first-order valence-corrected chi connectivity index (χ1v) is 8.06. The minimum atomic E-state index is 0. The van der Waals surface area contributed by atoms with Crippen molar-refractivity contribution in [3.63, 3.8) is 0 Å². The van der Waals surface area contributed by atoms with E-state index in [1.165, 1.54) is 30.4 Å². The van der Waals surface area contributed by atoms with Crippen molar-refractivity contribution in [3.05, 3.63) is 29.3 Å². The van der Waals surface area contributed by atoms with Crippen LogP contribution in [-0.2, 0) is 17.6 Å². The van der Waals surface area contributed by atoms with E-state index >= 15 is 0 Å². The van der Waals surface area contributed by atoms with Gasteiger partial charge < -0.3 is 15.0 Å². The molecule has 1 fully saturated rings. The number of carbonyl (C=O) groups is 1. The molecule has 5 heteroatoms. The maximum Gasteiger partial charge on any atom is 0.260 e. The molecular formula is C17H25ClN2O2. The Hall–Kier alpha value is -1.26. The maximum absolute atomic E-state index is 12.2. The highest BCUT2D eigenvalue weighted by Gasteiger charge is 2.16. The van der Waals surface area contributed by atoms with E-state index in [1.807, 2.05) is 11.0 Å². The zero-order chi connectivity index (χ0) is 14.5. The van der Waals surface area contributed by atoms with Crippen molar-refractivity contribution in [1.82, 2.24) is 10.2 Å². The molecule has 0 radical (unpaired) electrons. The highest BCUT2D eigenvalue weighted by Crippen LogP contribution is 2.25. The molecule has 1 aromatic rings. The smallest absolute Gasteiger partial charge is 0.260 e.